The van der Waals surface area contributed by atoms with Crippen molar-refractivity contribution in [1.82, 2.24) is 0 Å². The van der Waals surface area contributed by atoms with Crippen LogP contribution < -0.4 is 5.32 Å². The summed E-state index contributed by atoms with van der Waals surface area (Å²) in [6, 6.07) is 8.90. The van der Waals surface area contributed by atoms with Crippen LogP contribution in [0.2, 0.25) is 0 Å². The minimum Gasteiger partial charge on any atom is -0.452 e. The Morgan fingerprint density at radius 3 is 2.41 bits per heavy atom. The third kappa shape index (κ3) is 7.50. The number of ether oxygens (including phenoxy) is 1. The number of carbonyl (C=O) groups excluding carboxylic acids is 3. The fourth-order valence-electron chi connectivity index (χ4n) is 4.26. The normalized spacial score (nSPS) is 31.1. The number of cyclic esters (lactones) is 1. The molecule has 0 bridgehead atoms. The van der Waals surface area contributed by atoms with E-state index in [1.165, 1.54) is 0 Å². The topological polar surface area (TPSA) is 113 Å². The second kappa shape index (κ2) is 12.3. The first-order chi connectivity index (χ1) is 15.9. The number of para-hydroxylation sites is 1. The summed E-state index contributed by atoms with van der Waals surface area (Å²) in [5.41, 5.74) is 0.367. The van der Waals surface area contributed by atoms with Crippen LogP contribution in [-0.2, 0) is 19.1 Å². The average molecular weight is 474 g/mol. The fraction of sp³-hybridized carbons (Fsp3) is 0.593. The molecule has 0 radical (unpaired) electrons. The first kappa shape index (κ1) is 27.7. The largest absolute Gasteiger partial charge is 0.452 e. The van der Waals surface area contributed by atoms with Gasteiger partial charge >= 0.3 is 5.97 Å². The minimum absolute atomic E-state index is 0.0954. The zero-order valence-corrected chi connectivity index (χ0v) is 20.9. The van der Waals surface area contributed by atoms with Gasteiger partial charge in [0.15, 0.2) is 6.10 Å². The van der Waals surface area contributed by atoms with Crippen molar-refractivity contribution in [3.63, 3.8) is 0 Å². The maximum Gasteiger partial charge on any atom is 0.309 e. The second-order valence-electron chi connectivity index (χ2n) is 10.1. The van der Waals surface area contributed by atoms with Crippen molar-refractivity contribution in [3.05, 3.63) is 42.0 Å². The number of rotatable bonds is 2. The van der Waals surface area contributed by atoms with E-state index in [9.17, 15) is 24.6 Å². The minimum atomic E-state index is -1.32. The summed E-state index contributed by atoms with van der Waals surface area (Å²) in [4.78, 5) is 38.7. The molecule has 188 valence electrons. The Morgan fingerprint density at radius 2 is 1.76 bits per heavy atom. The van der Waals surface area contributed by atoms with Gasteiger partial charge in [-0.05, 0) is 44.2 Å². The molecule has 1 aromatic carbocycles. The number of hydrogen-bond acceptors (Lipinski definition) is 6. The van der Waals surface area contributed by atoms with E-state index in [4.69, 9.17) is 4.74 Å². The number of carbonyl (C=O) groups is 3. The smallest absolute Gasteiger partial charge is 0.309 e. The lowest BCUT2D eigenvalue weighted by Crippen LogP contribution is -2.46. The summed E-state index contributed by atoms with van der Waals surface area (Å²) >= 11 is 0. The average Bonchev–Trinajstić information content (AvgIpc) is 2.79. The van der Waals surface area contributed by atoms with E-state index in [1.807, 2.05) is 26.0 Å². The van der Waals surface area contributed by atoms with Crippen molar-refractivity contribution < 1.29 is 29.3 Å². The number of benzene rings is 1. The van der Waals surface area contributed by atoms with Gasteiger partial charge in [0, 0.05) is 18.0 Å². The zero-order chi connectivity index (χ0) is 25.5. The van der Waals surface area contributed by atoms with Gasteiger partial charge in [0.25, 0.3) is 5.91 Å². The molecule has 3 N–H and O–H groups in total. The van der Waals surface area contributed by atoms with Gasteiger partial charge in [0.05, 0.1) is 24.0 Å². The summed E-state index contributed by atoms with van der Waals surface area (Å²) in [6.45, 7) is 8.67. The van der Waals surface area contributed by atoms with Crippen molar-refractivity contribution in [3.8, 4) is 0 Å². The third-order valence-corrected chi connectivity index (χ3v) is 6.86. The summed E-state index contributed by atoms with van der Waals surface area (Å²) in [5.74, 6) is -2.32. The first-order valence-corrected chi connectivity index (χ1v) is 12.0. The van der Waals surface area contributed by atoms with Crippen LogP contribution in [0.15, 0.2) is 42.0 Å². The first-order valence-electron chi connectivity index (χ1n) is 12.0. The molecule has 0 saturated carbocycles. The molecule has 5 atom stereocenters. The maximum absolute atomic E-state index is 13.1. The number of aliphatic hydroxyl groups is 2. The van der Waals surface area contributed by atoms with Gasteiger partial charge in [0.2, 0.25) is 0 Å². The quantitative estimate of drug-likeness (QED) is 0.441. The molecule has 5 unspecified atom stereocenters. The molecule has 1 amide bonds. The van der Waals surface area contributed by atoms with Crippen molar-refractivity contribution in [2.24, 2.45) is 17.3 Å². The van der Waals surface area contributed by atoms with Crippen LogP contribution in [0.25, 0.3) is 0 Å². The van der Waals surface area contributed by atoms with Crippen LogP contribution in [0.4, 0.5) is 5.69 Å². The van der Waals surface area contributed by atoms with Gasteiger partial charge in [0.1, 0.15) is 5.78 Å². The highest BCUT2D eigenvalue weighted by atomic mass is 16.5. The molecule has 1 aliphatic rings. The predicted octanol–water partition coefficient (Wildman–Crippen LogP) is 4.04. The number of esters is 1. The molecule has 1 aliphatic heterocycles. The molecule has 2 rings (SSSR count). The van der Waals surface area contributed by atoms with Crippen LogP contribution in [0.5, 0.6) is 0 Å². The van der Waals surface area contributed by atoms with Crippen LogP contribution in [0.3, 0.4) is 0 Å². The van der Waals surface area contributed by atoms with Crippen molar-refractivity contribution in [2.75, 3.05) is 5.32 Å². The Kier molecular flexibility index (Phi) is 10.0. The number of nitrogens with one attached hydrogen (secondary N) is 1. The lowest BCUT2D eigenvalue weighted by Gasteiger charge is -2.34. The number of aliphatic hydroxyl groups excluding tert-OH is 2. The lowest BCUT2D eigenvalue weighted by atomic mass is 9.73. The number of amides is 1. The van der Waals surface area contributed by atoms with Crippen molar-refractivity contribution >= 4 is 23.3 Å². The Bertz CT molecular complexity index is 878. The van der Waals surface area contributed by atoms with E-state index < -0.39 is 47.9 Å². The molecule has 1 heterocycles. The number of anilines is 1. The van der Waals surface area contributed by atoms with Crippen LogP contribution in [-0.4, -0.2) is 46.2 Å². The lowest BCUT2D eigenvalue weighted by molar-refractivity contribution is -0.159. The number of allylic oxidation sites excluding steroid dienone is 1. The molecule has 1 aromatic rings. The van der Waals surface area contributed by atoms with Gasteiger partial charge in [-0.25, -0.2) is 0 Å². The molecular formula is C27H39NO6. The summed E-state index contributed by atoms with van der Waals surface area (Å²) in [6.07, 6.45) is 0.746. The number of Topliss-reactive ketones (excluding diaryl/α,β-unsaturated/α-hetero) is 1. The van der Waals surface area contributed by atoms with E-state index >= 15 is 0 Å². The van der Waals surface area contributed by atoms with Gasteiger partial charge in [-0.15, -0.1) is 0 Å². The predicted molar refractivity (Wildman–Crippen MR) is 131 cm³/mol. The van der Waals surface area contributed by atoms with E-state index in [0.717, 1.165) is 24.8 Å². The molecule has 0 aromatic heterocycles. The second-order valence-corrected chi connectivity index (χ2v) is 10.1. The summed E-state index contributed by atoms with van der Waals surface area (Å²) in [7, 11) is 0. The highest BCUT2D eigenvalue weighted by Crippen LogP contribution is 2.32. The van der Waals surface area contributed by atoms with Crippen LogP contribution in [0, 0.1) is 17.3 Å². The van der Waals surface area contributed by atoms with Gasteiger partial charge in [-0.3, -0.25) is 14.4 Å². The van der Waals surface area contributed by atoms with Crippen molar-refractivity contribution in [2.45, 2.75) is 85.0 Å². The number of ketones is 1. The van der Waals surface area contributed by atoms with Gasteiger partial charge in [-0.2, -0.15) is 0 Å². The molecule has 0 aliphatic carbocycles. The van der Waals surface area contributed by atoms with Crippen LogP contribution >= 0.6 is 0 Å². The summed E-state index contributed by atoms with van der Waals surface area (Å²) in [5, 5.41) is 24.2. The number of hydrogen-bond donors (Lipinski definition) is 3. The van der Waals surface area contributed by atoms with E-state index in [1.54, 1.807) is 45.0 Å². The van der Waals surface area contributed by atoms with Crippen molar-refractivity contribution in [1.29, 1.82) is 0 Å². The SMILES string of the molecule is C/C1=C\CC(C(=O)Nc2ccccc2)OC(=O)CC(O)C(C)(C)C(=O)C(C)C(O)C(C)CCC1. The molecule has 34 heavy (non-hydrogen) atoms. The Hall–Kier alpha value is -2.51. The zero-order valence-electron chi connectivity index (χ0n) is 20.9. The Morgan fingerprint density at radius 1 is 1.12 bits per heavy atom. The van der Waals surface area contributed by atoms with E-state index in [0.29, 0.717) is 5.69 Å². The van der Waals surface area contributed by atoms with Crippen LogP contribution in [0.1, 0.15) is 66.7 Å². The third-order valence-electron chi connectivity index (χ3n) is 6.86. The maximum atomic E-state index is 13.1. The highest BCUT2D eigenvalue weighted by molar-refractivity contribution is 5.95. The molecule has 0 spiro atoms. The van der Waals surface area contributed by atoms with Gasteiger partial charge in [-0.1, -0.05) is 57.5 Å². The standard InChI is InChI=1S/C27H39NO6/c1-17-10-9-11-18(2)24(31)19(3)25(32)27(4,5)22(29)16-23(30)34-21(15-14-17)26(33)28-20-12-7-6-8-13-20/h6-8,12-14,18-19,21-22,24,29,31H,9-11,15-16H2,1-5H3,(H,28,33)/b17-14+. The van der Waals surface area contributed by atoms with E-state index in [2.05, 4.69) is 5.32 Å². The van der Waals surface area contributed by atoms with Gasteiger partial charge < -0.3 is 20.3 Å². The Balaban J connectivity index is 2.28. The molecular weight excluding hydrogens is 434 g/mol. The molecule has 7 heteroatoms. The fourth-order valence-corrected chi connectivity index (χ4v) is 4.26. The summed E-state index contributed by atoms with van der Waals surface area (Å²) < 4.78 is 5.48. The monoisotopic (exact) mass is 473 g/mol. The molecule has 0 saturated heterocycles. The molecule has 0 fully saturated rings. The van der Waals surface area contributed by atoms with E-state index in [-0.39, 0.29) is 18.1 Å². The highest BCUT2D eigenvalue weighted by Gasteiger charge is 2.42. The Labute approximate surface area is 202 Å². The molecule has 7 nitrogen and oxygen atoms in total.